The Hall–Kier alpha value is -2.29. The Bertz CT molecular complexity index is 1160. The standard InChI is InChI=1S/C20H18BrN3O3S/c21-18-8-7-16(28(26,27)24-9-3-4-10-24)12-17(18)20(25)23-15-11-14-5-1-2-6-19(14)22-13-15/h1-2,5-8,11-13H,3-4,9-10H2,(H,23,25). The number of aromatic nitrogens is 1. The van der Waals surface area contributed by atoms with Gasteiger partial charge in [-0.25, -0.2) is 8.42 Å². The van der Waals surface area contributed by atoms with E-state index >= 15 is 0 Å². The molecule has 3 aromatic rings. The van der Waals surface area contributed by atoms with Crippen LogP contribution in [-0.2, 0) is 10.0 Å². The van der Waals surface area contributed by atoms with Gasteiger partial charge in [0.2, 0.25) is 10.0 Å². The van der Waals surface area contributed by atoms with Crippen molar-refractivity contribution < 1.29 is 13.2 Å². The summed E-state index contributed by atoms with van der Waals surface area (Å²) in [5.41, 5.74) is 1.64. The second-order valence-corrected chi connectivity index (χ2v) is 9.42. The van der Waals surface area contributed by atoms with Crippen molar-refractivity contribution in [3.05, 3.63) is 64.8 Å². The van der Waals surface area contributed by atoms with Gasteiger partial charge in [-0.05, 0) is 59.1 Å². The van der Waals surface area contributed by atoms with Gasteiger partial charge >= 0.3 is 0 Å². The molecule has 4 rings (SSSR count). The van der Waals surface area contributed by atoms with E-state index < -0.39 is 15.9 Å². The molecule has 6 nitrogen and oxygen atoms in total. The Morgan fingerprint density at radius 2 is 1.82 bits per heavy atom. The summed E-state index contributed by atoms with van der Waals surface area (Å²) in [5, 5.41) is 3.71. The third-order valence-corrected chi connectivity index (χ3v) is 7.32. The first-order chi connectivity index (χ1) is 13.4. The molecule has 0 atom stereocenters. The Morgan fingerprint density at radius 1 is 1.07 bits per heavy atom. The number of nitrogens with one attached hydrogen (secondary N) is 1. The topological polar surface area (TPSA) is 79.4 Å². The average Bonchev–Trinajstić information content (AvgIpc) is 3.24. The largest absolute Gasteiger partial charge is 0.321 e. The van der Waals surface area contributed by atoms with Crippen LogP contribution in [0.25, 0.3) is 10.9 Å². The number of nitrogens with zero attached hydrogens (tertiary/aromatic N) is 2. The molecule has 0 spiro atoms. The highest BCUT2D eigenvalue weighted by molar-refractivity contribution is 9.10. The van der Waals surface area contributed by atoms with Crippen LogP contribution in [0.4, 0.5) is 5.69 Å². The summed E-state index contributed by atoms with van der Waals surface area (Å²) in [6.07, 6.45) is 3.30. The van der Waals surface area contributed by atoms with Gasteiger partial charge in [0.05, 0.1) is 27.9 Å². The van der Waals surface area contributed by atoms with Crippen molar-refractivity contribution in [2.45, 2.75) is 17.7 Å². The van der Waals surface area contributed by atoms with E-state index in [0.29, 0.717) is 23.2 Å². The molecule has 1 aromatic heterocycles. The number of para-hydroxylation sites is 1. The van der Waals surface area contributed by atoms with Crippen LogP contribution in [0.3, 0.4) is 0 Å². The summed E-state index contributed by atoms with van der Waals surface area (Å²) in [4.78, 5) is 17.2. The fourth-order valence-electron chi connectivity index (χ4n) is 3.25. The number of amides is 1. The molecular formula is C20H18BrN3O3S. The predicted molar refractivity (Wildman–Crippen MR) is 112 cm³/mol. The first kappa shape index (κ1) is 19.0. The second-order valence-electron chi connectivity index (χ2n) is 6.62. The summed E-state index contributed by atoms with van der Waals surface area (Å²) < 4.78 is 27.6. The minimum atomic E-state index is -3.59. The third-order valence-electron chi connectivity index (χ3n) is 4.73. The van der Waals surface area contributed by atoms with E-state index in [9.17, 15) is 13.2 Å². The number of fused-ring (bicyclic) bond motifs is 1. The number of pyridine rings is 1. The Morgan fingerprint density at radius 3 is 2.61 bits per heavy atom. The smallest absolute Gasteiger partial charge is 0.256 e. The Balaban J connectivity index is 1.63. The maximum absolute atomic E-state index is 12.8. The molecule has 1 aliphatic heterocycles. The van der Waals surface area contributed by atoms with Crippen LogP contribution in [0.1, 0.15) is 23.2 Å². The fraction of sp³-hybridized carbons (Fsp3) is 0.200. The molecule has 0 radical (unpaired) electrons. The number of carbonyl (C=O) groups excluding carboxylic acids is 1. The van der Waals surface area contributed by atoms with Crippen LogP contribution < -0.4 is 5.32 Å². The molecular weight excluding hydrogens is 442 g/mol. The van der Waals surface area contributed by atoms with E-state index in [0.717, 1.165) is 23.7 Å². The maximum atomic E-state index is 12.8. The molecule has 2 aromatic carbocycles. The van der Waals surface area contributed by atoms with E-state index in [1.54, 1.807) is 12.3 Å². The lowest BCUT2D eigenvalue weighted by atomic mass is 10.2. The lowest BCUT2D eigenvalue weighted by Crippen LogP contribution is -2.28. The molecule has 1 fully saturated rings. The van der Waals surface area contributed by atoms with Gasteiger partial charge in [0.25, 0.3) is 5.91 Å². The summed E-state index contributed by atoms with van der Waals surface area (Å²) in [5.74, 6) is -0.401. The highest BCUT2D eigenvalue weighted by atomic mass is 79.9. The number of halogens is 1. The minimum Gasteiger partial charge on any atom is -0.321 e. The molecule has 8 heteroatoms. The zero-order valence-electron chi connectivity index (χ0n) is 14.9. The lowest BCUT2D eigenvalue weighted by Gasteiger charge is -2.16. The monoisotopic (exact) mass is 459 g/mol. The average molecular weight is 460 g/mol. The van der Waals surface area contributed by atoms with Crippen molar-refractivity contribution in [1.82, 2.24) is 9.29 Å². The maximum Gasteiger partial charge on any atom is 0.256 e. The van der Waals surface area contributed by atoms with Gasteiger partial charge in [0.1, 0.15) is 0 Å². The molecule has 144 valence electrons. The SMILES string of the molecule is O=C(Nc1cnc2ccccc2c1)c1cc(S(=O)(=O)N2CCCC2)ccc1Br. The molecule has 2 heterocycles. The normalized spacial score (nSPS) is 15.0. The van der Waals surface area contributed by atoms with Gasteiger partial charge in [-0.1, -0.05) is 18.2 Å². The quantitative estimate of drug-likeness (QED) is 0.638. The molecule has 0 aliphatic carbocycles. The van der Waals surface area contributed by atoms with E-state index in [1.165, 1.54) is 16.4 Å². The van der Waals surface area contributed by atoms with Crippen molar-refractivity contribution in [3.63, 3.8) is 0 Å². The number of benzene rings is 2. The van der Waals surface area contributed by atoms with E-state index in [4.69, 9.17) is 0 Å². The van der Waals surface area contributed by atoms with Gasteiger partial charge < -0.3 is 5.32 Å². The van der Waals surface area contributed by atoms with Gasteiger partial charge in [-0.15, -0.1) is 0 Å². The predicted octanol–water partition coefficient (Wildman–Crippen LogP) is 4.03. The number of hydrogen-bond acceptors (Lipinski definition) is 4. The third kappa shape index (κ3) is 3.67. The summed E-state index contributed by atoms with van der Waals surface area (Å²) in [7, 11) is -3.59. The molecule has 1 N–H and O–H groups in total. The van der Waals surface area contributed by atoms with Gasteiger partial charge in [0, 0.05) is 22.9 Å². The molecule has 0 unspecified atom stereocenters. The first-order valence-corrected chi connectivity index (χ1v) is 11.1. The summed E-state index contributed by atoms with van der Waals surface area (Å²) in [6, 6.07) is 14.0. The van der Waals surface area contributed by atoms with E-state index in [2.05, 4.69) is 26.2 Å². The van der Waals surface area contributed by atoms with Crippen molar-refractivity contribution in [2.75, 3.05) is 18.4 Å². The summed E-state index contributed by atoms with van der Waals surface area (Å²) in [6.45, 7) is 1.03. The number of rotatable bonds is 4. The zero-order valence-corrected chi connectivity index (χ0v) is 17.3. The van der Waals surface area contributed by atoms with E-state index in [-0.39, 0.29) is 10.5 Å². The minimum absolute atomic E-state index is 0.124. The van der Waals surface area contributed by atoms with Crippen LogP contribution in [0, 0.1) is 0 Å². The molecule has 1 saturated heterocycles. The van der Waals surface area contributed by atoms with Crippen LogP contribution in [0.15, 0.2) is 64.1 Å². The molecule has 0 saturated carbocycles. The molecule has 0 bridgehead atoms. The summed E-state index contributed by atoms with van der Waals surface area (Å²) >= 11 is 3.35. The van der Waals surface area contributed by atoms with Crippen molar-refractivity contribution in [3.8, 4) is 0 Å². The van der Waals surface area contributed by atoms with Crippen LogP contribution in [0.2, 0.25) is 0 Å². The number of sulfonamides is 1. The molecule has 1 aliphatic rings. The van der Waals surface area contributed by atoms with Gasteiger partial charge in [0.15, 0.2) is 0 Å². The van der Waals surface area contributed by atoms with Crippen LogP contribution >= 0.6 is 15.9 Å². The van der Waals surface area contributed by atoms with Crippen molar-refractivity contribution in [2.24, 2.45) is 0 Å². The number of carbonyl (C=O) groups is 1. The van der Waals surface area contributed by atoms with Gasteiger partial charge in [-0.3, -0.25) is 9.78 Å². The second kappa shape index (κ2) is 7.62. The first-order valence-electron chi connectivity index (χ1n) is 8.91. The van der Waals surface area contributed by atoms with Gasteiger partial charge in [-0.2, -0.15) is 4.31 Å². The van der Waals surface area contributed by atoms with E-state index in [1.807, 2.05) is 30.3 Å². The van der Waals surface area contributed by atoms with Crippen molar-refractivity contribution in [1.29, 1.82) is 0 Å². The fourth-order valence-corrected chi connectivity index (χ4v) is 5.22. The highest BCUT2D eigenvalue weighted by Gasteiger charge is 2.28. The Kier molecular flexibility index (Phi) is 5.18. The van der Waals surface area contributed by atoms with Crippen LogP contribution in [0.5, 0.6) is 0 Å². The molecule has 1 amide bonds. The molecule has 28 heavy (non-hydrogen) atoms. The Labute approximate surface area is 171 Å². The lowest BCUT2D eigenvalue weighted by molar-refractivity contribution is 0.102. The number of hydrogen-bond donors (Lipinski definition) is 1. The zero-order chi connectivity index (χ0) is 19.7. The highest BCUT2D eigenvalue weighted by Crippen LogP contribution is 2.26. The van der Waals surface area contributed by atoms with Crippen LogP contribution in [-0.4, -0.2) is 36.7 Å². The van der Waals surface area contributed by atoms with Crippen molar-refractivity contribution >= 4 is 48.5 Å². The number of anilines is 1.